The van der Waals surface area contributed by atoms with Crippen molar-refractivity contribution >= 4 is 35.4 Å². The van der Waals surface area contributed by atoms with E-state index in [9.17, 15) is 4.79 Å². The van der Waals surface area contributed by atoms with Crippen molar-refractivity contribution in [3.05, 3.63) is 72.4 Å². The third-order valence-electron chi connectivity index (χ3n) is 3.34. The Labute approximate surface area is 146 Å². The molecule has 3 rings (SSSR count). The largest absolute Gasteiger partial charge is 0.496 e. The molecule has 0 bridgehead atoms. The molecular formula is C19H16ClNO3. The van der Waals surface area contributed by atoms with Gasteiger partial charge in [-0.05, 0) is 24.3 Å². The van der Waals surface area contributed by atoms with Crippen LogP contribution in [0.1, 0.15) is 5.56 Å². The van der Waals surface area contributed by atoms with Gasteiger partial charge in [-0.1, -0.05) is 36.4 Å². The number of rotatable bonds is 4. The van der Waals surface area contributed by atoms with Gasteiger partial charge in [-0.2, -0.15) is 0 Å². The highest BCUT2D eigenvalue weighted by molar-refractivity contribution is 5.92. The van der Waals surface area contributed by atoms with Gasteiger partial charge in [0.05, 0.1) is 7.11 Å². The highest BCUT2D eigenvalue weighted by atomic mass is 35.5. The van der Waals surface area contributed by atoms with Gasteiger partial charge in [0.25, 0.3) is 0 Å². The molecule has 0 amide bonds. The first-order valence-corrected chi connectivity index (χ1v) is 7.14. The predicted molar refractivity (Wildman–Crippen MR) is 96.7 cm³/mol. The molecular weight excluding hydrogens is 326 g/mol. The summed E-state index contributed by atoms with van der Waals surface area (Å²) < 4.78 is 10.6. The molecule has 0 N–H and O–H groups in total. The fourth-order valence-corrected chi connectivity index (χ4v) is 2.26. The number of hydrogen-bond acceptors (Lipinski definition) is 4. The van der Waals surface area contributed by atoms with E-state index in [1.165, 1.54) is 6.08 Å². The van der Waals surface area contributed by atoms with Crippen LogP contribution >= 0.6 is 12.4 Å². The van der Waals surface area contributed by atoms with E-state index >= 15 is 0 Å². The Morgan fingerprint density at radius 3 is 2.58 bits per heavy atom. The molecule has 0 fully saturated rings. The van der Waals surface area contributed by atoms with Gasteiger partial charge in [-0.15, -0.1) is 12.4 Å². The van der Waals surface area contributed by atoms with Crippen molar-refractivity contribution in [2.45, 2.75) is 0 Å². The Morgan fingerprint density at radius 2 is 1.75 bits per heavy atom. The number of nitrogens with zero attached hydrogens (tertiary/aromatic N) is 1. The van der Waals surface area contributed by atoms with E-state index in [1.54, 1.807) is 25.4 Å². The zero-order chi connectivity index (χ0) is 16.1. The Hall–Kier alpha value is -2.85. The SMILES string of the molecule is COc1ccccc1/C=C/C(=O)Oc1cccc2cccnc12.Cl. The molecule has 0 radical (unpaired) electrons. The summed E-state index contributed by atoms with van der Waals surface area (Å²) in [6.07, 6.45) is 4.71. The first-order chi connectivity index (χ1) is 11.3. The number of para-hydroxylation sites is 2. The lowest BCUT2D eigenvalue weighted by molar-refractivity contribution is -0.128. The average molecular weight is 342 g/mol. The Balaban J connectivity index is 0.00000208. The van der Waals surface area contributed by atoms with E-state index < -0.39 is 5.97 Å². The third kappa shape index (κ3) is 3.91. The number of benzene rings is 2. The summed E-state index contributed by atoms with van der Waals surface area (Å²) >= 11 is 0. The van der Waals surface area contributed by atoms with Crippen LogP contribution in [0.3, 0.4) is 0 Å². The smallest absolute Gasteiger partial charge is 0.336 e. The van der Waals surface area contributed by atoms with Gasteiger partial charge >= 0.3 is 5.97 Å². The van der Waals surface area contributed by atoms with Gasteiger partial charge in [0.2, 0.25) is 0 Å². The molecule has 1 aromatic heterocycles. The molecule has 122 valence electrons. The minimum Gasteiger partial charge on any atom is -0.496 e. The average Bonchev–Trinajstić information content (AvgIpc) is 2.60. The molecule has 5 heteroatoms. The van der Waals surface area contributed by atoms with E-state index in [4.69, 9.17) is 9.47 Å². The molecule has 0 aliphatic heterocycles. The highest BCUT2D eigenvalue weighted by Crippen LogP contribution is 2.23. The maximum absolute atomic E-state index is 12.1. The Kier molecular flexibility index (Phi) is 5.93. The van der Waals surface area contributed by atoms with Gasteiger partial charge in [-0.25, -0.2) is 4.79 Å². The molecule has 3 aromatic rings. The van der Waals surface area contributed by atoms with Gasteiger partial charge in [0, 0.05) is 23.2 Å². The summed E-state index contributed by atoms with van der Waals surface area (Å²) in [4.78, 5) is 16.3. The molecule has 0 saturated carbocycles. The van der Waals surface area contributed by atoms with Crippen LogP contribution in [0.2, 0.25) is 0 Å². The van der Waals surface area contributed by atoms with Crippen molar-refractivity contribution in [2.24, 2.45) is 0 Å². The number of carbonyl (C=O) groups excluding carboxylic acids is 1. The summed E-state index contributed by atoms with van der Waals surface area (Å²) in [5.74, 6) is 0.676. The number of pyridine rings is 1. The molecule has 0 saturated heterocycles. The first-order valence-electron chi connectivity index (χ1n) is 7.14. The Bertz CT molecular complexity index is 872. The van der Waals surface area contributed by atoms with Crippen molar-refractivity contribution in [3.8, 4) is 11.5 Å². The zero-order valence-corrected chi connectivity index (χ0v) is 13.8. The molecule has 0 spiro atoms. The van der Waals surface area contributed by atoms with E-state index in [2.05, 4.69) is 4.98 Å². The number of halogens is 1. The quantitative estimate of drug-likeness (QED) is 0.403. The van der Waals surface area contributed by atoms with Crippen molar-refractivity contribution in [3.63, 3.8) is 0 Å². The molecule has 24 heavy (non-hydrogen) atoms. The van der Waals surface area contributed by atoms with Crippen molar-refractivity contribution in [1.29, 1.82) is 0 Å². The van der Waals surface area contributed by atoms with Gasteiger partial charge < -0.3 is 9.47 Å². The lowest BCUT2D eigenvalue weighted by atomic mass is 10.2. The van der Waals surface area contributed by atoms with Gasteiger partial charge in [-0.3, -0.25) is 4.98 Å². The maximum Gasteiger partial charge on any atom is 0.336 e. The van der Waals surface area contributed by atoms with Crippen molar-refractivity contribution in [1.82, 2.24) is 4.98 Å². The number of hydrogen-bond donors (Lipinski definition) is 0. The predicted octanol–water partition coefficient (Wildman–Crippen LogP) is 4.28. The fourth-order valence-electron chi connectivity index (χ4n) is 2.26. The molecule has 4 nitrogen and oxygen atoms in total. The number of aromatic nitrogens is 1. The summed E-state index contributed by atoms with van der Waals surface area (Å²) in [5, 5.41) is 0.923. The number of carbonyl (C=O) groups is 1. The zero-order valence-electron chi connectivity index (χ0n) is 13.0. The van der Waals surface area contributed by atoms with Gasteiger partial charge in [0.15, 0.2) is 5.75 Å². The number of methoxy groups -OCH3 is 1. The molecule has 0 atom stereocenters. The summed E-state index contributed by atoms with van der Waals surface area (Å²) in [6, 6.07) is 16.7. The molecule has 0 unspecified atom stereocenters. The normalized spacial score (nSPS) is 10.4. The van der Waals surface area contributed by atoms with Gasteiger partial charge in [0.1, 0.15) is 11.3 Å². The topological polar surface area (TPSA) is 48.4 Å². The number of ether oxygens (including phenoxy) is 2. The summed E-state index contributed by atoms with van der Waals surface area (Å²) in [6.45, 7) is 0. The monoisotopic (exact) mass is 341 g/mol. The van der Waals surface area contributed by atoms with E-state index in [-0.39, 0.29) is 12.4 Å². The lowest BCUT2D eigenvalue weighted by Crippen LogP contribution is -2.04. The van der Waals surface area contributed by atoms with E-state index in [0.717, 1.165) is 10.9 Å². The minimum atomic E-state index is -0.464. The summed E-state index contributed by atoms with van der Waals surface area (Å²) in [7, 11) is 1.59. The van der Waals surface area contributed by atoms with Crippen LogP contribution in [-0.4, -0.2) is 18.1 Å². The van der Waals surface area contributed by atoms with Crippen LogP contribution in [-0.2, 0) is 4.79 Å². The van der Waals surface area contributed by atoms with Crippen LogP contribution in [0, 0.1) is 0 Å². The second kappa shape index (κ2) is 8.13. The van der Waals surface area contributed by atoms with Crippen LogP contribution in [0.5, 0.6) is 11.5 Å². The van der Waals surface area contributed by atoms with Crippen LogP contribution < -0.4 is 9.47 Å². The van der Waals surface area contributed by atoms with Crippen molar-refractivity contribution < 1.29 is 14.3 Å². The van der Waals surface area contributed by atoms with E-state index in [0.29, 0.717) is 17.0 Å². The molecule has 1 heterocycles. The summed E-state index contributed by atoms with van der Waals surface area (Å²) in [5.41, 5.74) is 1.47. The third-order valence-corrected chi connectivity index (χ3v) is 3.34. The maximum atomic E-state index is 12.1. The van der Waals surface area contributed by atoms with Crippen LogP contribution in [0.25, 0.3) is 17.0 Å². The Morgan fingerprint density at radius 1 is 1.00 bits per heavy atom. The highest BCUT2D eigenvalue weighted by Gasteiger charge is 2.06. The van der Waals surface area contributed by atoms with Crippen molar-refractivity contribution in [2.75, 3.05) is 7.11 Å². The molecule has 0 aliphatic rings. The number of esters is 1. The second-order valence-corrected chi connectivity index (χ2v) is 4.83. The molecule has 0 aliphatic carbocycles. The van der Waals surface area contributed by atoms with Crippen LogP contribution in [0.15, 0.2) is 66.9 Å². The second-order valence-electron chi connectivity index (χ2n) is 4.83. The number of fused-ring (bicyclic) bond motifs is 1. The van der Waals surface area contributed by atoms with Crippen LogP contribution in [0.4, 0.5) is 0 Å². The first kappa shape index (κ1) is 17.5. The standard InChI is InChI=1S/C19H15NO3.ClH/c1-22-16-9-3-2-6-14(16)11-12-18(21)23-17-10-4-7-15-8-5-13-20-19(15)17;/h2-13H,1H3;1H/b12-11+;. The molecule has 2 aromatic carbocycles. The fraction of sp³-hybridized carbons (Fsp3) is 0.0526. The lowest BCUT2D eigenvalue weighted by Gasteiger charge is -2.05. The van der Waals surface area contributed by atoms with E-state index in [1.807, 2.05) is 48.5 Å². The minimum absolute atomic E-state index is 0.